The van der Waals surface area contributed by atoms with Crippen molar-refractivity contribution in [3.63, 3.8) is 0 Å². The molecule has 1 atom stereocenters. The highest BCUT2D eigenvalue weighted by atomic mass is 16.3. The van der Waals surface area contributed by atoms with Gasteiger partial charge in [-0.05, 0) is 37.1 Å². The molecule has 2 N–H and O–H groups in total. The summed E-state index contributed by atoms with van der Waals surface area (Å²) in [5, 5.41) is 1.10. The molecule has 0 spiro atoms. The SMILES string of the molecule is Cc1ccc(C(N)c2cc3ccccc3o2)c(C)c1. The van der Waals surface area contributed by atoms with Crippen LogP contribution in [0.1, 0.15) is 28.5 Å². The second-order valence-corrected chi connectivity index (χ2v) is 5.02. The van der Waals surface area contributed by atoms with Crippen LogP contribution in [0.4, 0.5) is 0 Å². The second-order valence-electron chi connectivity index (χ2n) is 5.02. The quantitative estimate of drug-likeness (QED) is 0.744. The lowest BCUT2D eigenvalue weighted by Gasteiger charge is -2.12. The highest BCUT2D eigenvalue weighted by Crippen LogP contribution is 2.28. The maximum Gasteiger partial charge on any atom is 0.134 e. The molecule has 2 nitrogen and oxygen atoms in total. The molecule has 0 fully saturated rings. The van der Waals surface area contributed by atoms with E-state index in [0.717, 1.165) is 22.3 Å². The van der Waals surface area contributed by atoms with Crippen LogP contribution < -0.4 is 5.73 Å². The van der Waals surface area contributed by atoms with Crippen LogP contribution in [0.15, 0.2) is 52.9 Å². The number of fused-ring (bicyclic) bond motifs is 1. The molecule has 2 heteroatoms. The van der Waals surface area contributed by atoms with Crippen molar-refractivity contribution < 1.29 is 4.42 Å². The molecule has 0 aliphatic heterocycles. The molecule has 1 unspecified atom stereocenters. The normalized spacial score (nSPS) is 12.8. The number of furan rings is 1. The highest BCUT2D eigenvalue weighted by molar-refractivity contribution is 5.78. The Hall–Kier alpha value is -2.06. The lowest BCUT2D eigenvalue weighted by atomic mass is 9.98. The largest absolute Gasteiger partial charge is 0.459 e. The summed E-state index contributed by atoms with van der Waals surface area (Å²) in [6.07, 6.45) is 0. The first kappa shape index (κ1) is 12.0. The van der Waals surface area contributed by atoms with Crippen LogP contribution >= 0.6 is 0 Å². The Balaban J connectivity index is 2.05. The van der Waals surface area contributed by atoms with E-state index < -0.39 is 0 Å². The minimum Gasteiger partial charge on any atom is -0.459 e. The highest BCUT2D eigenvalue weighted by Gasteiger charge is 2.15. The molecule has 19 heavy (non-hydrogen) atoms. The summed E-state index contributed by atoms with van der Waals surface area (Å²) < 4.78 is 5.84. The Morgan fingerprint density at radius 1 is 1.00 bits per heavy atom. The fraction of sp³-hybridized carbons (Fsp3) is 0.176. The Kier molecular flexibility index (Phi) is 2.88. The van der Waals surface area contributed by atoms with Crippen molar-refractivity contribution in [3.05, 3.63) is 71.0 Å². The van der Waals surface area contributed by atoms with E-state index in [4.69, 9.17) is 10.2 Å². The van der Waals surface area contributed by atoms with Crippen LogP contribution in [0, 0.1) is 13.8 Å². The van der Waals surface area contributed by atoms with Crippen LogP contribution in [0.3, 0.4) is 0 Å². The molecular weight excluding hydrogens is 234 g/mol. The number of aryl methyl sites for hydroxylation is 2. The van der Waals surface area contributed by atoms with Crippen LogP contribution in [0.2, 0.25) is 0 Å². The maximum absolute atomic E-state index is 6.34. The van der Waals surface area contributed by atoms with Crippen LogP contribution in [0.5, 0.6) is 0 Å². The lowest BCUT2D eigenvalue weighted by Crippen LogP contribution is -2.12. The number of para-hydroxylation sites is 1. The molecule has 0 radical (unpaired) electrons. The van der Waals surface area contributed by atoms with E-state index in [1.807, 2.05) is 30.3 Å². The zero-order chi connectivity index (χ0) is 13.4. The summed E-state index contributed by atoms with van der Waals surface area (Å²) in [5.41, 5.74) is 10.8. The van der Waals surface area contributed by atoms with Gasteiger partial charge in [0.1, 0.15) is 11.3 Å². The topological polar surface area (TPSA) is 39.2 Å². The Bertz CT molecular complexity index is 694. The van der Waals surface area contributed by atoms with Crippen molar-refractivity contribution in [1.29, 1.82) is 0 Å². The van der Waals surface area contributed by atoms with E-state index in [2.05, 4.69) is 32.0 Å². The molecule has 1 aromatic heterocycles. The third kappa shape index (κ3) is 2.15. The van der Waals surface area contributed by atoms with E-state index in [-0.39, 0.29) is 6.04 Å². The van der Waals surface area contributed by atoms with Gasteiger partial charge in [-0.25, -0.2) is 0 Å². The molecule has 0 bridgehead atoms. The fourth-order valence-electron chi connectivity index (χ4n) is 2.48. The molecule has 0 saturated heterocycles. The van der Waals surface area contributed by atoms with Crippen LogP contribution in [0.25, 0.3) is 11.0 Å². The van der Waals surface area contributed by atoms with Gasteiger partial charge in [0.25, 0.3) is 0 Å². The minimum absolute atomic E-state index is 0.215. The average Bonchev–Trinajstić information content (AvgIpc) is 2.81. The van der Waals surface area contributed by atoms with Crippen molar-refractivity contribution in [2.24, 2.45) is 5.73 Å². The molecular formula is C17H17NO. The van der Waals surface area contributed by atoms with Crippen LogP contribution in [-0.4, -0.2) is 0 Å². The van der Waals surface area contributed by atoms with Gasteiger partial charge in [-0.15, -0.1) is 0 Å². The third-order valence-electron chi connectivity index (χ3n) is 3.51. The zero-order valence-corrected chi connectivity index (χ0v) is 11.2. The second kappa shape index (κ2) is 4.56. The Morgan fingerprint density at radius 3 is 2.53 bits per heavy atom. The van der Waals surface area contributed by atoms with Crippen molar-refractivity contribution in [2.75, 3.05) is 0 Å². The van der Waals surface area contributed by atoms with E-state index >= 15 is 0 Å². The molecule has 96 valence electrons. The van der Waals surface area contributed by atoms with Gasteiger partial charge < -0.3 is 10.2 Å². The Morgan fingerprint density at radius 2 is 1.79 bits per heavy atom. The first-order chi connectivity index (χ1) is 9.15. The molecule has 1 heterocycles. The number of nitrogens with two attached hydrogens (primary N) is 1. The lowest BCUT2D eigenvalue weighted by molar-refractivity contribution is 0.524. The van der Waals surface area contributed by atoms with Gasteiger partial charge in [-0.3, -0.25) is 0 Å². The van der Waals surface area contributed by atoms with Gasteiger partial charge in [0.15, 0.2) is 0 Å². The standard InChI is InChI=1S/C17H17NO/c1-11-7-8-14(12(2)9-11)17(18)16-10-13-5-3-4-6-15(13)19-16/h3-10,17H,18H2,1-2H3. The summed E-state index contributed by atoms with van der Waals surface area (Å²) in [6, 6.07) is 16.1. The summed E-state index contributed by atoms with van der Waals surface area (Å²) in [6.45, 7) is 4.17. The van der Waals surface area contributed by atoms with E-state index in [0.29, 0.717) is 0 Å². The number of hydrogen-bond acceptors (Lipinski definition) is 2. The summed E-state index contributed by atoms with van der Waals surface area (Å²) in [7, 11) is 0. The monoisotopic (exact) mass is 251 g/mol. The van der Waals surface area contributed by atoms with Gasteiger partial charge in [0.05, 0.1) is 6.04 Å². The van der Waals surface area contributed by atoms with Crippen molar-refractivity contribution >= 4 is 11.0 Å². The summed E-state index contributed by atoms with van der Waals surface area (Å²) in [5.74, 6) is 0.813. The van der Waals surface area contributed by atoms with Crippen molar-refractivity contribution in [3.8, 4) is 0 Å². The van der Waals surface area contributed by atoms with Crippen molar-refractivity contribution in [1.82, 2.24) is 0 Å². The van der Waals surface area contributed by atoms with Gasteiger partial charge in [0, 0.05) is 5.39 Å². The third-order valence-corrected chi connectivity index (χ3v) is 3.51. The van der Waals surface area contributed by atoms with Crippen LogP contribution in [-0.2, 0) is 0 Å². The molecule has 0 aliphatic carbocycles. The van der Waals surface area contributed by atoms with E-state index in [9.17, 15) is 0 Å². The Labute approximate surface area is 112 Å². The van der Waals surface area contributed by atoms with E-state index in [1.165, 1.54) is 11.1 Å². The number of rotatable bonds is 2. The molecule has 0 aliphatic rings. The molecule has 0 amide bonds. The maximum atomic E-state index is 6.34. The predicted octanol–water partition coefficient (Wildman–Crippen LogP) is 4.10. The van der Waals surface area contributed by atoms with Gasteiger partial charge >= 0.3 is 0 Å². The first-order valence-corrected chi connectivity index (χ1v) is 6.46. The zero-order valence-electron chi connectivity index (χ0n) is 11.2. The summed E-state index contributed by atoms with van der Waals surface area (Å²) in [4.78, 5) is 0. The molecule has 3 aromatic rings. The fourth-order valence-corrected chi connectivity index (χ4v) is 2.48. The van der Waals surface area contributed by atoms with Gasteiger partial charge in [-0.1, -0.05) is 42.0 Å². The number of benzene rings is 2. The average molecular weight is 251 g/mol. The molecule has 0 saturated carbocycles. The van der Waals surface area contributed by atoms with Gasteiger partial charge in [-0.2, -0.15) is 0 Å². The number of hydrogen-bond donors (Lipinski definition) is 1. The smallest absolute Gasteiger partial charge is 0.134 e. The van der Waals surface area contributed by atoms with Gasteiger partial charge in [0.2, 0.25) is 0 Å². The first-order valence-electron chi connectivity index (χ1n) is 6.46. The predicted molar refractivity (Wildman–Crippen MR) is 78.2 cm³/mol. The molecule has 3 rings (SSSR count). The minimum atomic E-state index is -0.215. The van der Waals surface area contributed by atoms with E-state index in [1.54, 1.807) is 0 Å². The van der Waals surface area contributed by atoms with Crippen molar-refractivity contribution in [2.45, 2.75) is 19.9 Å². The molecule has 2 aromatic carbocycles. The summed E-state index contributed by atoms with van der Waals surface area (Å²) >= 11 is 0.